The monoisotopic (exact) mass is 302 g/mol. The van der Waals surface area contributed by atoms with Gasteiger partial charge in [-0.05, 0) is 99.2 Å². The van der Waals surface area contributed by atoms with Gasteiger partial charge in [0.1, 0.15) is 0 Å². The van der Waals surface area contributed by atoms with Crippen molar-refractivity contribution >= 4 is 0 Å². The van der Waals surface area contributed by atoms with Gasteiger partial charge in [-0.2, -0.15) is 0 Å². The molecule has 22 heavy (non-hydrogen) atoms. The molecule has 0 heterocycles. The van der Waals surface area contributed by atoms with Crippen LogP contribution in [0, 0.1) is 34.5 Å². The van der Waals surface area contributed by atoms with Gasteiger partial charge in [-0.3, -0.25) is 0 Å². The summed E-state index contributed by atoms with van der Waals surface area (Å²) in [5, 5.41) is 10.1. The van der Waals surface area contributed by atoms with Crippen LogP contribution in [0.4, 0.5) is 0 Å². The van der Waals surface area contributed by atoms with Crippen LogP contribution >= 0.6 is 0 Å². The number of aliphatic hydroxyl groups excluding tert-OH is 1. The van der Waals surface area contributed by atoms with Gasteiger partial charge < -0.3 is 5.11 Å². The molecular formula is C21H34O. The third-order valence-electron chi connectivity index (χ3n) is 8.83. The predicted molar refractivity (Wildman–Crippen MR) is 91.5 cm³/mol. The lowest BCUT2D eigenvalue weighted by atomic mass is 9.45. The van der Waals surface area contributed by atoms with E-state index in [-0.39, 0.29) is 6.10 Å². The summed E-state index contributed by atoms with van der Waals surface area (Å²) in [6.45, 7) is 7.43. The molecule has 124 valence electrons. The molecule has 4 saturated carbocycles. The number of rotatable bonds is 0. The van der Waals surface area contributed by atoms with E-state index in [4.69, 9.17) is 0 Å². The van der Waals surface area contributed by atoms with Gasteiger partial charge in [0.15, 0.2) is 0 Å². The third kappa shape index (κ3) is 1.93. The summed E-state index contributed by atoms with van der Waals surface area (Å²) in [7, 11) is 0. The van der Waals surface area contributed by atoms with Gasteiger partial charge in [0.25, 0.3) is 0 Å². The van der Waals surface area contributed by atoms with E-state index in [2.05, 4.69) is 26.8 Å². The summed E-state index contributed by atoms with van der Waals surface area (Å²) in [6.07, 6.45) is 14.3. The minimum Gasteiger partial charge on any atom is -0.393 e. The SMILES string of the molecule is C/C=C1/CC[C@@H]2[C@H]3CC[C@H]4C[C@@H](O)CC[C@@]4(C)[C@@H]3CC[C@@]12C. The summed E-state index contributed by atoms with van der Waals surface area (Å²) < 4.78 is 0. The highest BCUT2D eigenvalue weighted by molar-refractivity contribution is 5.23. The summed E-state index contributed by atoms with van der Waals surface area (Å²) in [5.41, 5.74) is 2.82. The summed E-state index contributed by atoms with van der Waals surface area (Å²) in [6, 6.07) is 0. The van der Waals surface area contributed by atoms with Gasteiger partial charge in [-0.25, -0.2) is 0 Å². The Labute approximate surface area is 136 Å². The molecule has 4 fully saturated rings. The second kappa shape index (κ2) is 5.10. The maximum Gasteiger partial charge on any atom is 0.0543 e. The largest absolute Gasteiger partial charge is 0.393 e. The fraction of sp³-hybridized carbons (Fsp3) is 0.905. The Morgan fingerprint density at radius 3 is 2.59 bits per heavy atom. The molecule has 0 aromatic heterocycles. The van der Waals surface area contributed by atoms with Crippen LogP contribution in [-0.2, 0) is 0 Å². The molecule has 4 rings (SSSR count). The topological polar surface area (TPSA) is 20.2 Å². The lowest BCUT2D eigenvalue weighted by Gasteiger charge is -2.60. The van der Waals surface area contributed by atoms with Crippen molar-refractivity contribution in [1.82, 2.24) is 0 Å². The van der Waals surface area contributed by atoms with E-state index >= 15 is 0 Å². The number of hydrogen-bond donors (Lipinski definition) is 1. The van der Waals surface area contributed by atoms with Gasteiger partial charge in [-0.1, -0.05) is 25.5 Å². The zero-order valence-electron chi connectivity index (χ0n) is 14.8. The van der Waals surface area contributed by atoms with Crippen LogP contribution in [0.15, 0.2) is 11.6 Å². The summed E-state index contributed by atoms with van der Waals surface area (Å²) in [5.74, 6) is 3.65. The Kier molecular flexibility index (Phi) is 3.53. The van der Waals surface area contributed by atoms with Crippen LogP contribution in [0.5, 0.6) is 0 Å². The van der Waals surface area contributed by atoms with Crippen LogP contribution in [0.3, 0.4) is 0 Å². The lowest BCUT2D eigenvalue weighted by molar-refractivity contribution is -0.116. The first-order valence-electron chi connectivity index (χ1n) is 9.83. The molecule has 0 bridgehead atoms. The fourth-order valence-corrected chi connectivity index (χ4v) is 7.56. The third-order valence-corrected chi connectivity index (χ3v) is 8.83. The molecule has 4 aliphatic carbocycles. The van der Waals surface area contributed by atoms with Crippen molar-refractivity contribution in [2.24, 2.45) is 34.5 Å². The van der Waals surface area contributed by atoms with Gasteiger partial charge >= 0.3 is 0 Å². The average molecular weight is 303 g/mol. The first kappa shape index (κ1) is 15.2. The van der Waals surface area contributed by atoms with Gasteiger partial charge in [-0.15, -0.1) is 0 Å². The maximum absolute atomic E-state index is 10.1. The summed E-state index contributed by atoms with van der Waals surface area (Å²) >= 11 is 0. The van der Waals surface area contributed by atoms with Crippen molar-refractivity contribution < 1.29 is 5.11 Å². The van der Waals surface area contributed by atoms with Crippen LogP contribution in [0.25, 0.3) is 0 Å². The molecule has 0 aromatic rings. The van der Waals surface area contributed by atoms with E-state index in [1.54, 1.807) is 5.57 Å². The molecule has 7 atom stereocenters. The van der Waals surface area contributed by atoms with Crippen LogP contribution in [0.2, 0.25) is 0 Å². The smallest absolute Gasteiger partial charge is 0.0543 e. The second-order valence-corrected chi connectivity index (χ2v) is 9.39. The standard InChI is InChI=1S/C21H34O/c1-4-14-6-8-18-17-7-5-15-13-16(22)9-11-21(15,3)19(17)10-12-20(14,18)2/h4,15-19,22H,5-13H2,1-3H3/b14-4-/t15-,16-,17+,18+,19+,20-,21+/m0/s1. The highest BCUT2D eigenvalue weighted by Crippen LogP contribution is 2.67. The van der Waals surface area contributed by atoms with Crippen molar-refractivity contribution in [2.45, 2.75) is 84.7 Å². The van der Waals surface area contributed by atoms with Crippen LogP contribution in [0.1, 0.15) is 78.6 Å². The summed E-state index contributed by atoms with van der Waals surface area (Å²) in [4.78, 5) is 0. The van der Waals surface area contributed by atoms with Crippen molar-refractivity contribution in [1.29, 1.82) is 0 Å². The van der Waals surface area contributed by atoms with Crippen molar-refractivity contribution in [3.05, 3.63) is 11.6 Å². The molecule has 1 N–H and O–H groups in total. The Bertz CT molecular complexity index is 480. The van der Waals surface area contributed by atoms with Crippen molar-refractivity contribution in [2.75, 3.05) is 0 Å². The molecule has 0 spiro atoms. The molecule has 4 aliphatic rings. The first-order chi connectivity index (χ1) is 10.5. The molecule has 0 unspecified atom stereocenters. The fourth-order valence-electron chi connectivity index (χ4n) is 7.56. The number of fused-ring (bicyclic) bond motifs is 5. The van der Waals surface area contributed by atoms with E-state index in [0.29, 0.717) is 10.8 Å². The van der Waals surface area contributed by atoms with Crippen molar-refractivity contribution in [3.63, 3.8) is 0 Å². The molecule has 0 saturated heterocycles. The molecule has 1 heteroatoms. The lowest BCUT2D eigenvalue weighted by Crippen LogP contribution is -2.53. The molecule has 0 amide bonds. The number of aliphatic hydroxyl groups is 1. The van der Waals surface area contributed by atoms with Crippen LogP contribution in [-0.4, -0.2) is 11.2 Å². The molecule has 1 nitrogen and oxygen atoms in total. The quantitative estimate of drug-likeness (QED) is 0.599. The highest BCUT2D eigenvalue weighted by atomic mass is 16.3. The first-order valence-corrected chi connectivity index (χ1v) is 9.83. The van der Waals surface area contributed by atoms with Crippen LogP contribution < -0.4 is 0 Å². The Balaban J connectivity index is 1.63. The Morgan fingerprint density at radius 1 is 1.00 bits per heavy atom. The van der Waals surface area contributed by atoms with Gasteiger partial charge in [0, 0.05) is 0 Å². The minimum atomic E-state index is -0.00964. The van der Waals surface area contributed by atoms with E-state index < -0.39 is 0 Å². The predicted octanol–water partition coefficient (Wildman–Crippen LogP) is 5.34. The molecule has 0 radical (unpaired) electrons. The van der Waals surface area contributed by atoms with E-state index in [1.165, 1.54) is 44.9 Å². The number of hydrogen-bond acceptors (Lipinski definition) is 1. The Morgan fingerprint density at radius 2 is 1.82 bits per heavy atom. The minimum absolute atomic E-state index is 0.00964. The molecule has 0 aromatic carbocycles. The second-order valence-electron chi connectivity index (χ2n) is 9.39. The van der Waals surface area contributed by atoms with Crippen molar-refractivity contribution in [3.8, 4) is 0 Å². The van der Waals surface area contributed by atoms with E-state index in [0.717, 1.165) is 36.5 Å². The molecule has 0 aliphatic heterocycles. The van der Waals surface area contributed by atoms with Gasteiger partial charge in [0.05, 0.1) is 6.10 Å². The zero-order valence-corrected chi connectivity index (χ0v) is 14.8. The normalized spacial score (nSPS) is 56.4. The maximum atomic E-state index is 10.1. The van der Waals surface area contributed by atoms with E-state index in [1.807, 2.05) is 0 Å². The highest BCUT2D eigenvalue weighted by Gasteiger charge is 2.58. The molecular weight excluding hydrogens is 268 g/mol. The number of allylic oxidation sites excluding steroid dienone is 2. The van der Waals surface area contributed by atoms with Gasteiger partial charge in [0.2, 0.25) is 0 Å². The zero-order chi connectivity index (χ0) is 15.5. The van der Waals surface area contributed by atoms with E-state index in [9.17, 15) is 5.11 Å². The Hall–Kier alpha value is -0.300. The average Bonchev–Trinajstić information content (AvgIpc) is 2.84.